The number of rotatable bonds is 10. The van der Waals surface area contributed by atoms with Crippen LogP contribution in [0.3, 0.4) is 0 Å². The number of likely N-dealkylation sites (tertiary alicyclic amines) is 1. The van der Waals surface area contributed by atoms with Gasteiger partial charge in [-0.1, -0.05) is 0 Å². The van der Waals surface area contributed by atoms with Gasteiger partial charge in [-0.3, -0.25) is 0 Å². The van der Waals surface area contributed by atoms with Gasteiger partial charge in [0.1, 0.15) is 11.5 Å². The first-order valence-electron chi connectivity index (χ1n) is 10.7. The molecule has 1 saturated heterocycles. The van der Waals surface area contributed by atoms with Gasteiger partial charge in [0.05, 0.1) is 36.5 Å². The van der Waals surface area contributed by atoms with Gasteiger partial charge in [0.25, 0.3) is 0 Å². The Labute approximate surface area is 179 Å². The van der Waals surface area contributed by atoms with Crippen molar-refractivity contribution in [3.05, 3.63) is 59.7 Å². The highest BCUT2D eigenvalue weighted by Crippen LogP contribution is 2.22. The van der Waals surface area contributed by atoms with Crippen molar-refractivity contribution in [1.29, 1.82) is 10.5 Å². The van der Waals surface area contributed by atoms with E-state index in [2.05, 4.69) is 17.0 Å². The molecule has 5 heteroatoms. The molecule has 30 heavy (non-hydrogen) atoms. The first-order valence-corrected chi connectivity index (χ1v) is 10.7. The number of hydrogen-bond acceptors (Lipinski definition) is 5. The molecular weight excluding hydrogens is 374 g/mol. The van der Waals surface area contributed by atoms with Crippen molar-refractivity contribution in [2.45, 2.75) is 32.1 Å². The topological polar surface area (TPSA) is 69.3 Å². The van der Waals surface area contributed by atoms with Crippen LogP contribution in [0.2, 0.25) is 0 Å². The van der Waals surface area contributed by atoms with Crippen molar-refractivity contribution < 1.29 is 9.47 Å². The van der Waals surface area contributed by atoms with Gasteiger partial charge >= 0.3 is 0 Å². The lowest BCUT2D eigenvalue weighted by atomic mass is 9.92. The smallest absolute Gasteiger partial charge is 0.119 e. The van der Waals surface area contributed by atoms with Crippen LogP contribution in [0.1, 0.15) is 43.2 Å². The van der Waals surface area contributed by atoms with Gasteiger partial charge in [-0.25, -0.2) is 0 Å². The third-order valence-electron chi connectivity index (χ3n) is 5.59. The van der Waals surface area contributed by atoms with Crippen molar-refractivity contribution in [2.75, 3.05) is 32.8 Å². The Bertz CT molecular complexity index is 768. The average Bonchev–Trinajstić information content (AvgIpc) is 2.81. The van der Waals surface area contributed by atoms with Crippen molar-refractivity contribution >= 4 is 0 Å². The molecular formula is C25H29N3O2. The van der Waals surface area contributed by atoms with Gasteiger partial charge in [0.2, 0.25) is 0 Å². The minimum Gasteiger partial charge on any atom is -0.494 e. The lowest BCUT2D eigenvalue weighted by Crippen LogP contribution is -2.35. The van der Waals surface area contributed by atoms with Crippen LogP contribution in [0.15, 0.2) is 48.5 Å². The number of hydrogen-bond donors (Lipinski definition) is 0. The zero-order valence-corrected chi connectivity index (χ0v) is 17.4. The molecule has 3 rings (SSSR count). The van der Waals surface area contributed by atoms with Gasteiger partial charge in [0.15, 0.2) is 0 Å². The third kappa shape index (κ3) is 7.10. The van der Waals surface area contributed by atoms with Crippen molar-refractivity contribution in [3.63, 3.8) is 0 Å². The lowest BCUT2D eigenvalue weighted by molar-refractivity contribution is 0.161. The Morgan fingerprint density at radius 1 is 0.767 bits per heavy atom. The number of benzene rings is 2. The molecule has 2 aromatic rings. The lowest BCUT2D eigenvalue weighted by Gasteiger charge is -2.32. The average molecular weight is 404 g/mol. The van der Waals surface area contributed by atoms with Crippen LogP contribution in [0, 0.1) is 28.6 Å². The van der Waals surface area contributed by atoms with Crippen molar-refractivity contribution in [2.24, 2.45) is 5.92 Å². The van der Waals surface area contributed by atoms with E-state index in [1.165, 1.54) is 19.3 Å². The number of ether oxygens (including phenoxy) is 2. The molecule has 5 nitrogen and oxygen atoms in total. The second-order valence-corrected chi connectivity index (χ2v) is 7.75. The molecule has 0 aromatic heterocycles. The summed E-state index contributed by atoms with van der Waals surface area (Å²) in [5, 5.41) is 17.6. The Hall–Kier alpha value is -3.02. The van der Waals surface area contributed by atoms with Gasteiger partial charge in [-0.15, -0.1) is 0 Å². The van der Waals surface area contributed by atoms with Crippen molar-refractivity contribution in [1.82, 2.24) is 4.90 Å². The minimum atomic E-state index is 0.658. The monoisotopic (exact) mass is 403 g/mol. The van der Waals surface area contributed by atoms with Gasteiger partial charge in [-0.2, -0.15) is 10.5 Å². The molecule has 0 N–H and O–H groups in total. The highest BCUT2D eigenvalue weighted by molar-refractivity contribution is 5.35. The SMILES string of the molecule is N#Cc1ccc(OCCCC2CCN(CCCOc3ccc(C#N)cc3)CC2)cc1. The minimum absolute atomic E-state index is 0.658. The highest BCUT2D eigenvalue weighted by Gasteiger charge is 2.18. The maximum atomic E-state index is 8.82. The summed E-state index contributed by atoms with van der Waals surface area (Å²) in [6.45, 7) is 4.85. The standard InChI is InChI=1S/C25H29N3O2/c26-19-22-4-8-24(9-5-22)29-17-1-3-21-12-15-28(16-13-21)14-2-18-30-25-10-6-23(20-27)7-11-25/h4-11,21H,1-3,12-18H2. The molecule has 0 radical (unpaired) electrons. The zero-order valence-electron chi connectivity index (χ0n) is 17.4. The Morgan fingerprint density at radius 3 is 1.77 bits per heavy atom. The van der Waals surface area contributed by atoms with Crippen molar-refractivity contribution in [3.8, 4) is 23.6 Å². The maximum Gasteiger partial charge on any atom is 0.119 e. The maximum absolute atomic E-state index is 8.82. The van der Waals surface area contributed by atoms with E-state index in [0.717, 1.165) is 56.5 Å². The van der Waals surface area contributed by atoms with Gasteiger partial charge in [0, 0.05) is 6.54 Å². The molecule has 1 aliphatic rings. The van der Waals surface area contributed by atoms with E-state index in [-0.39, 0.29) is 0 Å². The molecule has 0 saturated carbocycles. The Balaban J connectivity index is 1.22. The zero-order chi connectivity index (χ0) is 21.0. The first kappa shape index (κ1) is 21.7. The predicted octanol–water partition coefficient (Wildman–Crippen LogP) is 4.77. The summed E-state index contributed by atoms with van der Waals surface area (Å²) < 4.78 is 11.5. The van der Waals surface area contributed by atoms with E-state index in [1.54, 1.807) is 24.3 Å². The second kappa shape index (κ2) is 11.9. The van der Waals surface area contributed by atoms with E-state index in [4.69, 9.17) is 20.0 Å². The molecule has 0 spiro atoms. The summed E-state index contributed by atoms with van der Waals surface area (Å²) in [7, 11) is 0. The highest BCUT2D eigenvalue weighted by atomic mass is 16.5. The summed E-state index contributed by atoms with van der Waals surface area (Å²) in [6.07, 6.45) is 5.82. The van der Waals surface area contributed by atoms with Crippen LogP contribution < -0.4 is 9.47 Å². The Morgan fingerprint density at radius 2 is 1.27 bits per heavy atom. The summed E-state index contributed by atoms with van der Waals surface area (Å²) in [5.74, 6) is 2.46. The second-order valence-electron chi connectivity index (χ2n) is 7.75. The molecule has 1 fully saturated rings. The largest absolute Gasteiger partial charge is 0.494 e. The van der Waals surface area contributed by atoms with E-state index in [0.29, 0.717) is 17.7 Å². The molecule has 156 valence electrons. The van der Waals surface area contributed by atoms with Crippen LogP contribution in [-0.2, 0) is 0 Å². The van der Waals surface area contributed by atoms with Gasteiger partial charge < -0.3 is 14.4 Å². The normalized spacial score (nSPS) is 14.6. The van der Waals surface area contributed by atoms with E-state index >= 15 is 0 Å². The van der Waals surface area contributed by atoms with E-state index in [1.807, 2.05) is 24.3 Å². The molecule has 0 aliphatic carbocycles. The molecule has 2 aromatic carbocycles. The van der Waals surface area contributed by atoms with Crippen LogP contribution >= 0.6 is 0 Å². The summed E-state index contributed by atoms with van der Waals surface area (Å²) in [5.41, 5.74) is 1.32. The molecule has 1 aliphatic heterocycles. The molecule has 0 atom stereocenters. The number of piperidine rings is 1. The summed E-state index contributed by atoms with van der Waals surface area (Å²) in [4.78, 5) is 2.53. The summed E-state index contributed by atoms with van der Waals surface area (Å²) in [6, 6.07) is 18.8. The van der Waals surface area contributed by atoms with Crippen LogP contribution in [0.25, 0.3) is 0 Å². The number of nitrogens with zero attached hydrogens (tertiary/aromatic N) is 3. The third-order valence-corrected chi connectivity index (χ3v) is 5.59. The fourth-order valence-corrected chi connectivity index (χ4v) is 3.79. The molecule has 1 heterocycles. The van der Waals surface area contributed by atoms with Crippen LogP contribution in [0.4, 0.5) is 0 Å². The quantitative estimate of drug-likeness (QED) is 0.535. The van der Waals surface area contributed by atoms with Gasteiger partial charge in [-0.05, 0) is 99.6 Å². The number of nitriles is 2. The van der Waals surface area contributed by atoms with Crippen LogP contribution in [-0.4, -0.2) is 37.7 Å². The van der Waals surface area contributed by atoms with Crippen LogP contribution in [0.5, 0.6) is 11.5 Å². The fraction of sp³-hybridized carbons (Fsp3) is 0.440. The molecule has 0 amide bonds. The predicted molar refractivity (Wildman–Crippen MR) is 116 cm³/mol. The summed E-state index contributed by atoms with van der Waals surface area (Å²) >= 11 is 0. The van der Waals surface area contributed by atoms with E-state index in [9.17, 15) is 0 Å². The first-order chi connectivity index (χ1) is 14.8. The fourth-order valence-electron chi connectivity index (χ4n) is 3.79. The Kier molecular flexibility index (Phi) is 8.57. The van der Waals surface area contributed by atoms with E-state index < -0.39 is 0 Å². The molecule has 0 bridgehead atoms. The molecule has 0 unspecified atom stereocenters.